The molecule has 150 valence electrons. The average molecular weight is 417 g/mol. The second-order valence-electron chi connectivity index (χ2n) is 7.17. The smallest absolute Gasteiger partial charge is 0.274 e. The van der Waals surface area contributed by atoms with Crippen LogP contribution in [-0.4, -0.2) is 46.4 Å². The van der Waals surface area contributed by atoms with E-state index in [0.29, 0.717) is 36.5 Å². The van der Waals surface area contributed by atoms with E-state index in [1.54, 1.807) is 17.5 Å². The molecule has 4 aromatic rings. The highest BCUT2D eigenvalue weighted by molar-refractivity contribution is 7.09. The molecule has 0 spiro atoms. The molecule has 30 heavy (non-hydrogen) atoms. The molecule has 2 N–H and O–H groups in total. The molecule has 7 nitrogen and oxygen atoms in total. The molecule has 8 heteroatoms. The lowest BCUT2D eigenvalue weighted by atomic mass is 10.1. The molecule has 1 amide bonds. The van der Waals surface area contributed by atoms with E-state index >= 15 is 0 Å². The van der Waals surface area contributed by atoms with Crippen LogP contribution in [0.3, 0.4) is 0 Å². The minimum Gasteiger partial charge on any atom is -0.378 e. The van der Waals surface area contributed by atoms with Crippen LogP contribution in [0, 0.1) is 11.3 Å². The van der Waals surface area contributed by atoms with E-state index in [1.807, 2.05) is 45.0 Å². The summed E-state index contributed by atoms with van der Waals surface area (Å²) in [5, 5.41) is 19.6. The van der Waals surface area contributed by atoms with Gasteiger partial charge in [0.1, 0.15) is 17.3 Å². The third kappa shape index (κ3) is 3.18. The number of hydrogen-bond donors (Lipinski definition) is 2. The van der Waals surface area contributed by atoms with Gasteiger partial charge < -0.3 is 15.5 Å². The van der Waals surface area contributed by atoms with E-state index in [4.69, 9.17) is 0 Å². The summed E-state index contributed by atoms with van der Waals surface area (Å²) in [6.45, 7) is 3.50. The molecule has 0 radical (unpaired) electrons. The first-order valence-corrected chi connectivity index (χ1v) is 10.7. The SMILES string of the molecule is N#Cc1c(NCc2cccs2)c2ccccc2n2cc(C(=O)N3CCNCC3)nc12. The van der Waals surface area contributed by atoms with Crippen LogP contribution in [0.25, 0.3) is 16.6 Å². The first-order valence-electron chi connectivity index (χ1n) is 9.86. The van der Waals surface area contributed by atoms with Gasteiger partial charge in [-0.2, -0.15) is 5.26 Å². The first kappa shape index (κ1) is 18.6. The van der Waals surface area contributed by atoms with Gasteiger partial charge in [-0.25, -0.2) is 4.98 Å². The summed E-state index contributed by atoms with van der Waals surface area (Å²) in [6, 6.07) is 14.3. The number of fused-ring (bicyclic) bond motifs is 3. The molecule has 4 heterocycles. The van der Waals surface area contributed by atoms with Crippen LogP contribution >= 0.6 is 11.3 Å². The van der Waals surface area contributed by atoms with Gasteiger partial charge in [-0.05, 0) is 17.5 Å². The van der Waals surface area contributed by atoms with E-state index in [2.05, 4.69) is 27.8 Å². The van der Waals surface area contributed by atoms with Crippen molar-refractivity contribution in [3.63, 3.8) is 0 Å². The van der Waals surface area contributed by atoms with E-state index in [0.717, 1.165) is 29.7 Å². The number of aromatic nitrogens is 2. The van der Waals surface area contributed by atoms with E-state index in [9.17, 15) is 10.1 Å². The van der Waals surface area contributed by atoms with Gasteiger partial charge in [-0.3, -0.25) is 9.20 Å². The van der Waals surface area contributed by atoms with Crippen LogP contribution in [0.5, 0.6) is 0 Å². The van der Waals surface area contributed by atoms with Gasteiger partial charge in [0.05, 0.1) is 11.2 Å². The summed E-state index contributed by atoms with van der Waals surface area (Å²) in [5.41, 5.74) is 2.98. The van der Waals surface area contributed by atoms with Crippen LogP contribution in [0.2, 0.25) is 0 Å². The number of nitrogens with zero attached hydrogens (tertiary/aromatic N) is 4. The maximum absolute atomic E-state index is 13.0. The number of pyridine rings is 1. The molecule has 1 saturated heterocycles. The summed E-state index contributed by atoms with van der Waals surface area (Å²) < 4.78 is 1.86. The van der Waals surface area contributed by atoms with Crippen molar-refractivity contribution < 1.29 is 4.79 Å². The zero-order chi connectivity index (χ0) is 20.5. The fraction of sp³-hybridized carbons (Fsp3) is 0.227. The Morgan fingerprint density at radius 1 is 1.23 bits per heavy atom. The summed E-state index contributed by atoms with van der Waals surface area (Å²) >= 11 is 1.67. The molecular formula is C22H20N6OS. The summed E-state index contributed by atoms with van der Waals surface area (Å²) in [7, 11) is 0. The van der Waals surface area contributed by atoms with Crippen LogP contribution in [0.4, 0.5) is 5.69 Å². The molecule has 5 rings (SSSR count). The Labute approximate surface area is 177 Å². The van der Waals surface area contributed by atoms with Gasteiger partial charge in [0, 0.05) is 49.2 Å². The normalized spacial score (nSPS) is 14.2. The minimum absolute atomic E-state index is 0.0961. The summed E-state index contributed by atoms with van der Waals surface area (Å²) in [4.78, 5) is 20.6. The third-order valence-corrected chi connectivity index (χ3v) is 6.24. The molecule has 1 aliphatic heterocycles. The van der Waals surface area contributed by atoms with Gasteiger partial charge in [0.2, 0.25) is 0 Å². The predicted octanol–water partition coefficient (Wildman–Crippen LogP) is 3.08. The Kier molecular flexibility index (Phi) is 4.83. The van der Waals surface area contributed by atoms with Crippen LogP contribution in [0.1, 0.15) is 20.9 Å². The Morgan fingerprint density at radius 3 is 2.83 bits per heavy atom. The number of benzene rings is 1. The summed E-state index contributed by atoms with van der Waals surface area (Å²) in [6.07, 6.45) is 1.76. The third-order valence-electron chi connectivity index (χ3n) is 5.37. The molecular weight excluding hydrogens is 396 g/mol. The molecule has 0 aliphatic carbocycles. The highest BCUT2D eigenvalue weighted by Gasteiger charge is 2.23. The van der Waals surface area contributed by atoms with Gasteiger partial charge in [0.15, 0.2) is 5.65 Å². The van der Waals surface area contributed by atoms with Crippen molar-refractivity contribution in [3.05, 3.63) is 64.1 Å². The van der Waals surface area contributed by atoms with Crippen LogP contribution < -0.4 is 10.6 Å². The van der Waals surface area contributed by atoms with Crippen LogP contribution in [-0.2, 0) is 6.54 Å². The monoisotopic (exact) mass is 416 g/mol. The number of hydrogen-bond acceptors (Lipinski definition) is 6. The number of anilines is 1. The lowest BCUT2D eigenvalue weighted by molar-refractivity contribution is 0.0730. The largest absolute Gasteiger partial charge is 0.378 e. The highest BCUT2D eigenvalue weighted by atomic mass is 32.1. The van der Waals surface area contributed by atoms with Gasteiger partial charge >= 0.3 is 0 Å². The van der Waals surface area contributed by atoms with Crippen molar-refractivity contribution in [2.75, 3.05) is 31.5 Å². The van der Waals surface area contributed by atoms with E-state index in [1.165, 1.54) is 4.88 Å². The van der Waals surface area contributed by atoms with Crippen molar-refractivity contribution in [1.29, 1.82) is 5.26 Å². The Morgan fingerprint density at radius 2 is 2.07 bits per heavy atom. The number of carbonyl (C=O) groups excluding carboxylic acids is 1. The number of para-hydroxylation sites is 1. The number of imidazole rings is 1. The molecule has 1 aliphatic rings. The lowest BCUT2D eigenvalue weighted by Crippen LogP contribution is -2.46. The fourth-order valence-corrected chi connectivity index (χ4v) is 4.54. The minimum atomic E-state index is -0.0961. The lowest BCUT2D eigenvalue weighted by Gasteiger charge is -2.26. The standard InChI is InChI=1S/C22H20N6OS/c23-12-17-20(25-13-15-4-3-11-30-15)16-5-1-2-6-19(16)28-14-18(26-21(17)28)22(29)27-9-7-24-8-10-27/h1-6,11,14,24-25H,7-10,13H2. The second-order valence-corrected chi connectivity index (χ2v) is 8.21. The Hall–Kier alpha value is -3.41. The van der Waals surface area contributed by atoms with Crippen LogP contribution in [0.15, 0.2) is 48.0 Å². The maximum atomic E-state index is 13.0. The topological polar surface area (TPSA) is 85.5 Å². The molecule has 3 aromatic heterocycles. The molecule has 0 saturated carbocycles. The Bertz CT molecular complexity index is 1260. The number of rotatable bonds is 4. The van der Waals surface area contributed by atoms with E-state index < -0.39 is 0 Å². The van der Waals surface area contributed by atoms with Crippen molar-refractivity contribution in [2.45, 2.75) is 6.54 Å². The van der Waals surface area contributed by atoms with Gasteiger partial charge in [-0.15, -0.1) is 11.3 Å². The summed E-state index contributed by atoms with van der Waals surface area (Å²) in [5.74, 6) is -0.0961. The quantitative estimate of drug-likeness (QED) is 0.534. The zero-order valence-electron chi connectivity index (χ0n) is 16.3. The van der Waals surface area contributed by atoms with Crippen molar-refractivity contribution in [1.82, 2.24) is 19.6 Å². The number of amides is 1. The molecule has 0 bridgehead atoms. The average Bonchev–Trinajstić information content (AvgIpc) is 3.47. The maximum Gasteiger partial charge on any atom is 0.274 e. The molecule has 0 atom stereocenters. The number of piperazine rings is 1. The number of nitrogens with one attached hydrogen (secondary N) is 2. The Balaban J connectivity index is 1.64. The second kappa shape index (κ2) is 7.78. The van der Waals surface area contributed by atoms with Crippen molar-refractivity contribution in [2.24, 2.45) is 0 Å². The first-order chi connectivity index (χ1) is 14.8. The number of carbonyl (C=O) groups is 1. The molecule has 1 aromatic carbocycles. The van der Waals surface area contributed by atoms with Gasteiger partial charge in [0.25, 0.3) is 5.91 Å². The highest BCUT2D eigenvalue weighted by Crippen LogP contribution is 2.32. The van der Waals surface area contributed by atoms with Crippen molar-refractivity contribution in [3.8, 4) is 6.07 Å². The predicted molar refractivity (Wildman–Crippen MR) is 118 cm³/mol. The number of thiophene rings is 1. The molecule has 0 unspecified atom stereocenters. The van der Waals surface area contributed by atoms with Gasteiger partial charge in [-0.1, -0.05) is 24.3 Å². The zero-order valence-corrected chi connectivity index (χ0v) is 17.1. The van der Waals surface area contributed by atoms with Crippen molar-refractivity contribution >= 4 is 39.5 Å². The fourth-order valence-electron chi connectivity index (χ4n) is 3.89. The van der Waals surface area contributed by atoms with E-state index in [-0.39, 0.29) is 5.91 Å². The molecule has 1 fully saturated rings. The number of nitriles is 1.